The lowest BCUT2D eigenvalue weighted by Gasteiger charge is -2.18. The summed E-state index contributed by atoms with van der Waals surface area (Å²) in [4.78, 5) is 26.4. The number of carbonyl (C=O) groups excluding carboxylic acids is 2. The Morgan fingerprint density at radius 1 is 1.14 bits per heavy atom. The third-order valence-electron chi connectivity index (χ3n) is 5.32. The lowest BCUT2D eigenvalue weighted by atomic mass is 9.88. The Balaban J connectivity index is 1.96. The van der Waals surface area contributed by atoms with Gasteiger partial charge < -0.3 is 10.1 Å². The molecule has 0 fully saturated rings. The molecule has 1 aliphatic rings. The number of amides is 1. The van der Waals surface area contributed by atoms with Gasteiger partial charge in [0.05, 0.1) is 11.7 Å². The van der Waals surface area contributed by atoms with Gasteiger partial charge in [0.1, 0.15) is 5.00 Å². The van der Waals surface area contributed by atoms with Crippen LogP contribution in [0.1, 0.15) is 106 Å². The van der Waals surface area contributed by atoms with Crippen LogP contribution in [0, 0.1) is 5.92 Å². The fourth-order valence-electron chi connectivity index (χ4n) is 3.76. The summed E-state index contributed by atoms with van der Waals surface area (Å²) < 4.78 is 5.47. The molecule has 1 aliphatic carbocycles. The van der Waals surface area contributed by atoms with Crippen LogP contribution < -0.4 is 5.32 Å². The van der Waals surface area contributed by atoms with Crippen LogP contribution in [0.5, 0.6) is 0 Å². The number of rotatable bonds is 11. The number of fused-ring (bicyclic) bond motifs is 1. The number of carbonyl (C=O) groups is 2. The Labute approximate surface area is 174 Å². The summed E-state index contributed by atoms with van der Waals surface area (Å²) in [5.41, 5.74) is 1.70. The average Bonchev–Trinajstić information content (AvgIpc) is 2.97. The van der Waals surface area contributed by atoms with Gasteiger partial charge >= 0.3 is 5.97 Å². The number of esters is 1. The molecule has 0 unspecified atom stereocenters. The molecular formula is C23H37NO3S. The number of nitrogens with one attached hydrogen (secondary N) is 1. The molecule has 0 aromatic carbocycles. The molecule has 158 valence electrons. The maximum absolute atomic E-state index is 12.7. The summed E-state index contributed by atoms with van der Waals surface area (Å²) in [6, 6.07) is 0. The van der Waals surface area contributed by atoms with Crippen molar-refractivity contribution in [1.82, 2.24) is 0 Å². The smallest absolute Gasteiger partial charge is 0.341 e. The van der Waals surface area contributed by atoms with Crippen LogP contribution in [0.25, 0.3) is 0 Å². The third kappa shape index (κ3) is 6.91. The van der Waals surface area contributed by atoms with E-state index >= 15 is 0 Å². The van der Waals surface area contributed by atoms with Crippen molar-refractivity contribution in [3.8, 4) is 0 Å². The van der Waals surface area contributed by atoms with E-state index in [-0.39, 0.29) is 18.0 Å². The fourth-order valence-corrected chi connectivity index (χ4v) is 5.17. The lowest BCUT2D eigenvalue weighted by Crippen LogP contribution is -2.18. The summed E-state index contributed by atoms with van der Waals surface area (Å²) >= 11 is 1.57. The highest BCUT2D eigenvalue weighted by molar-refractivity contribution is 7.17. The van der Waals surface area contributed by atoms with Gasteiger partial charge in [0.15, 0.2) is 0 Å². The molecule has 2 rings (SSSR count). The van der Waals surface area contributed by atoms with Crippen molar-refractivity contribution in [3.05, 3.63) is 16.0 Å². The zero-order valence-electron chi connectivity index (χ0n) is 18.1. The summed E-state index contributed by atoms with van der Waals surface area (Å²) in [5.74, 6) is 0.337. The zero-order chi connectivity index (χ0) is 20.5. The maximum atomic E-state index is 12.7. The van der Waals surface area contributed by atoms with E-state index in [1.54, 1.807) is 11.3 Å². The Morgan fingerprint density at radius 2 is 1.82 bits per heavy atom. The second-order valence-electron chi connectivity index (χ2n) is 8.43. The molecule has 1 amide bonds. The molecule has 4 nitrogen and oxygen atoms in total. The SMILES string of the molecule is CCCCCCCCCC(=O)Nc1sc2c(c1C(=O)OC(C)C)CC[C@@H](C)C2. The first-order valence-corrected chi connectivity index (χ1v) is 11.9. The van der Waals surface area contributed by atoms with E-state index in [0.717, 1.165) is 37.7 Å². The maximum Gasteiger partial charge on any atom is 0.341 e. The summed E-state index contributed by atoms with van der Waals surface area (Å²) in [5, 5.41) is 3.72. The highest BCUT2D eigenvalue weighted by atomic mass is 32.1. The van der Waals surface area contributed by atoms with Gasteiger partial charge in [-0.05, 0) is 51.0 Å². The molecule has 1 N–H and O–H groups in total. The van der Waals surface area contributed by atoms with Gasteiger partial charge in [0, 0.05) is 11.3 Å². The zero-order valence-corrected chi connectivity index (χ0v) is 18.9. The van der Waals surface area contributed by atoms with Gasteiger partial charge in [-0.2, -0.15) is 0 Å². The first kappa shape index (κ1) is 22.9. The summed E-state index contributed by atoms with van der Waals surface area (Å²) in [6.07, 6.45) is 11.6. The van der Waals surface area contributed by atoms with Gasteiger partial charge in [-0.15, -0.1) is 11.3 Å². The van der Waals surface area contributed by atoms with Crippen LogP contribution in [0.4, 0.5) is 5.00 Å². The molecule has 1 aromatic heterocycles. The van der Waals surface area contributed by atoms with Crippen LogP contribution in [-0.4, -0.2) is 18.0 Å². The predicted octanol–water partition coefficient (Wildman–Crippen LogP) is 6.52. The Hall–Kier alpha value is -1.36. The topological polar surface area (TPSA) is 55.4 Å². The first-order chi connectivity index (χ1) is 13.4. The van der Waals surface area contributed by atoms with Gasteiger partial charge in [-0.3, -0.25) is 4.79 Å². The minimum Gasteiger partial charge on any atom is -0.459 e. The van der Waals surface area contributed by atoms with Crippen molar-refractivity contribution in [1.29, 1.82) is 0 Å². The van der Waals surface area contributed by atoms with E-state index < -0.39 is 0 Å². The van der Waals surface area contributed by atoms with Crippen LogP contribution >= 0.6 is 11.3 Å². The van der Waals surface area contributed by atoms with E-state index in [2.05, 4.69) is 19.2 Å². The number of anilines is 1. The normalized spacial score (nSPS) is 16.1. The van der Waals surface area contributed by atoms with Crippen molar-refractivity contribution in [2.24, 2.45) is 5.92 Å². The van der Waals surface area contributed by atoms with E-state index in [9.17, 15) is 9.59 Å². The Kier molecular flexibility index (Phi) is 9.49. The molecule has 0 radical (unpaired) electrons. The first-order valence-electron chi connectivity index (χ1n) is 11.1. The minimum absolute atomic E-state index is 0.0128. The lowest BCUT2D eigenvalue weighted by molar-refractivity contribution is -0.116. The number of thiophene rings is 1. The Morgan fingerprint density at radius 3 is 2.50 bits per heavy atom. The van der Waals surface area contributed by atoms with Crippen LogP contribution in [0.3, 0.4) is 0 Å². The molecule has 1 atom stereocenters. The number of unbranched alkanes of at least 4 members (excludes halogenated alkanes) is 6. The number of ether oxygens (including phenoxy) is 1. The summed E-state index contributed by atoms with van der Waals surface area (Å²) in [7, 11) is 0. The second-order valence-corrected chi connectivity index (χ2v) is 9.53. The second kappa shape index (κ2) is 11.6. The van der Waals surface area contributed by atoms with Gasteiger partial charge in [-0.25, -0.2) is 4.79 Å². The van der Waals surface area contributed by atoms with E-state index in [1.165, 1.54) is 37.0 Å². The van der Waals surface area contributed by atoms with Crippen molar-refractivity contribution in [3.63, 3.8) is 0 Å². The Bertz CT molecular complexity index is 651. The molecule has 0 aliphatic heterocycles. The van der Waals surface area contributed by atoms with Crippen molar-refractivity contribution < 1.29 is 14.3 Å². The molecule has 28 heavy (non-hydrogen) atoms. The van der Waals surface area contributed by atoms with Crippen LogP contribution in [0.2, 0.25) is 0 Å². The van der Waals surface area contributed by atoms with E-state index in [0.29, 0.717) is 22.9 Å². The number of hydrogen-bond donors (Lipinski definition) is 1. The van der Waals surface area contributed by atoms with Crippen LogP contribution in [-0.2, 0) is 22.4 Å². The largest absolute Gasteiger partial charge is 0.459 e. The monoisotopic (exact) mass is 407 g/mol. The summed E-state index contributed by atoms with van der Waals surface area (Å²) in [6.45, 7) is 8.18. The third-order valence-corrected chi connectivity index (χ3v) is 6.49. The highest BCUT2D eigenvalue weighted by Crippen LogP contribution is 2.40. The quantitative estimate of drug-likeness (QED) is 0.336. The fraction of sp³-hybridized carbons (Fsp3) is 0.739. The van der Waals surface area contributed by atoms with Crippen LogP contribution in [0.15, 0.2) is 0 Å². The van der Waals surface area contributed by atoms with Crippen molar-refractivity contribution in [2.75, 3.05) is 5.32 Å². The van der Waals surface area contributed by atoms with Gasteiger partial charge in [-0.1, -0.05) is 52.4 Å². The predicted molar refractivity (Wildman–Crippen MR) is 117 cm³/mol. The van der Waals surface area contributed by atoms with E-state index in [1.807, 2.05) is 13.8 Å². The molecule has 0 saturated carbocycles. The van der Waals surface area contributed by atoms with Gasteiger partial charge in [0.25, 0.3) is 0 Å². The van der Waals surface area contributed by atoms with Crippen molar-refractivity contribution >= 4 is 28.2 Å². The molecule has 1 aromatic rings. The standard InChI is InChI=1S/C23H37NO3S/c1-5-6-7-8-9-10-11-12-20(25)24-22-21(23(26)27-16(2)3)18-14-13-17(4)15-19(18)28-22/h16-17H,5-15H2,1-4H3,(H,24,25)/t17-/m1/s1. The molecule has 0 spiro atoms. The number of hydrogen-bond acceptors (Lipinski definition) is 4. The van der Waals surface area contributed by atoms with Gasteiger partial charge in [0.2, 0.25) is 5.91 Å². The molecule has 1 heterocycles. The molecular weight excluding hydrogens is 370 g/mol. The molecule has 0 bridgehead atoms. The highest BCUT2D eigenvalue weighted by Gasteiger charge is 2.29. The molecule has 0 saturated heterocycles. The van der Waals surface area contributed by atoms with E-state index in [4.69, 9.17) is 4.74 Å². The average molecular weight is 408 g/mol. The van der Waals surface area contributed by atoms with Crippen molar-refractivity contribution in [2.45, 2.75) is 104 Å². The minimum atomic E-state index is -0.298. The molecule has 5 heteroatoms.